The highest BCUT2D eigenvalue weighted by Gasteiger charge is 2.51. The molecule has 52 heavy (non-hydrogen) atoms. The Bertz CT molecular complexity index is 1810. The van der Waals surface area contributed by atoms with Gasteiger partial charge in [-0.3, -0.25) is 14.4 Å². The predicted molar refractivity (Wildman–Crippen MR) is 203 cm³/mol. The number of pyridine rings is 1. The molecule has 11 heteroatoms. The second-order valence-electron chi connectivity index (χ2n) is 15.5. The Morgan fingerprint density at radius 3 is 2.29 bits per heavy atom. The van der Waals surface area contributed by atoms with Gasteiger partial charge in [0.2, 0.25) is 17.7 Å². The molecular formula is C41H54N6O5. The molecule has 1 fully saturated rings. The van der Waals surface area contributed by atoms with Gasteiger partial charge in [-0.05, 0) is 107 Å². The van der Waals surface area contributed by atoms with Gasteiger partial charge in [0.15, 0.2) is 0 Å². The van der Waals surface area contributed by atoms with Crippen LogP contribution in [-0.2, 0) is 50.5 Å². The van der Waals surface area contributed by atoms with Gasteiger partial charge in [0.25, 0.3) is 0 Å². The number of fused-ring (bicyclic) bond motifs is 3. The summed E-state index contributed by atoms with van der Waals surface area (Å²) in [6.45, 7) is 13.5. The molecule has 0 saturated carbocycles. The number of piperidine rings is 1. The van der Waals surface area contributed by atoms with Gasteiger partial charge in [-0.25, -0.2) is 9.78 Å². The molecule has 6 rings (SSSR count). The van der Waals surface area contributed by atoms with Gasteiger partial charge in [-0.15, -0.1) is 0 Å². The van der Waals surface area contributed by atoms with Crippen LogP contribution in [-0.4, -0.2) is 82.8 Å². The van der Waals surface area contributed by atoms with Crippen LogP contribution >= 0.6 is 0 Å². The van der Waals surface area contributed by atoms with E-state index >= 15 is 0 Å². The maximum atomic E-state index is 14.3. The molecule has 0 radical (unpaired) electrons. The van der Waals surface area contributed by atoms with E-state index < -0.39 is 22.5 Å². The van der Waals surface area contributed by atoms with Crippen molar-refractivity contribution >= 4 is 35.3 Å². The van der Waals surface area contributed by atoms with E-state index in [0.29, 0.717) is 37.2 Å². The molecule has 1 saturated heterocycles. The standard InChI is InChI=1S/C39H48N6O5.C2H6/c1-37(2,3)50-36(49)44(6)23-27-10-7-8-11-28(27)24-45(35(48)38(4)15-18-43(5)19-16-38)25-32(46)41-30-14-13-26-21-39(22-29(26)20-30)31-12-9-17-40-33(31)42-34(39)47;1-2/h7-14,17,20H,15-16,18-19,21-25H2,1-6H3,(H,41,46)(H,40,42,47);1-2H3. The molecular weight excluding hydrogens is 656 g/mol. The van der Waals surface area contributed by atoms with Gasteiger partial charge in [-0.1, -0.05) is 57.2 Å². The number of benzene rings is 2. The number of rotatable bonds is 8. The molecule has 0 bridgehead atoms. The van der Waals surface area contributed by atoms with E-state index in [1.807, 2.05) is 96.1 Å². The molecule has 1 unspecified atom stereocenters. The molecule has 3 heterocycles. The van der Waals surface area contributed by atoms with Crippen LogP contribution in [0.25, 0.3) is 0 Å². The lowest BCUT2D eigenvalue weighted by Crippen LogP contribution is -2.49. The van der Waals surface area contributed by atoms with Crippen LogP contribution < -0.4 is 10.6 Å². The number of likely N-dealkylation sites (tertiary alicyclic amines) is 1. The number of hydrogen-bond acceptors (Lipinski definition) is 7. The average molecular weight is 711 g/mol. The molecule has 1 atom stereocenters. The summed E-state index contributed by atoms with van der Waals surface area (Å²) >= 11 is 0. The van der Waals surface area contributed by atoms with Crippen molar-refractivity contribution in [1.82, 2.24) is 19.7 Å². The predicted octanol–water partition coefficient (Wildman–Crippen LogP) is 6.16. The molecule has 11 nitrogen and oxygen atoms in total. The summed E-state index contributed by atoms with van der Waals surface area (Å²) in [5.41, 5.74) is 3.38. The zero-order valence-electron chi connectivity index (χ0n) is 32.0. The quantitative estimate of drug-likeness (QED) is 0.287. The SMILES string of the molecule is CC.CN1CCC(C)(C(=O)N(CC(=O)Nc2ccc3c(c2)CC2(C3)C(=O)Nc3ncccc32)Cc2ccccc2CN(C)C(=O)OC(C)(C)C)CC1. The lowest BCUT2D eigenvalue weighted by Gasteiger charge is -2.40. The zero-order valence-corrected chi connectivity index (χ0v) is 32.0. The topological polar surface area (TPSA) is 124 Å². The number of carbonyl (C=O) groups is 4. The van der Waals surface area contributed by atoms with Crippen molar-refractivity contribution in [3.63, 3.8) is 0 Å². The highest BCUT2D eigenvalue weighted by atomic mass is 16.6. The molecule has 4 amide bonds. The van der Waals surface area contributed by atoms with Crippen LogP contribution in [0.4, 0.5) is 16.3 Å². The van der Waals surface area contributed by atoms with Crippen LogP contribution in [0.1, 0.15) is 82.2 Å². The highest BCUT2D eigenvalue weighted by Crippen LogP contribution is 2.47. The number of nitrogens with one attached hydrogen (secondary N) is 2. The van der Waals surface area contributed by atoms with Crippen molar-refractivity contribution in [1.29, 1.82) is 0 Å². The van der Waals surface area contributed by atoms with E-state index in [4.69, 9.17) is 4.74 Å². The highest BCUT2D eigenvalue weighted by molar-refractivity contribution is 6.06. The fraction of sp³-hybridized carbons (Fsp3) is 0.488. The van der Waals surface area contributed by atoms with Gasteiger partial charge in [0.1, 0.15) is 18.0 Å². The number of hydrogen-bond donors (Lipinski definition) is 2. The summed E-state index contributed by atoms with van der Waals surface area (Å²) in [7, 11) is 3.74. The minimum atomic E-state index is -0.702. The second-order valence-corrected chi connectivity index (χ2v) is 15.5. The van der Waals surface area contributed by atoms with E-state index in [-0.39, 0.29) is 37.4 Å². The van der Waals surface area contributed by atoms with Gasteiger partial charge in [0.05, 0.1) is 5.41 Å². The summed E-state index contributed by atoms with van der Waals surface area (Å²) in [6, 6.07) is 17.3. The molecule has 1 aliphatic carbocycles. The van der Waals surface area contributed by atoms with Crippen molar-refractivity contribution in [2.24, 2.45) is 5.41 Å². The molecule has 3 aromatic rings. The lowest BCUT2D eigenvalue weighted by molar-refractivity contribution is -0.146. The number of aromatic nitrogens is 1. The van der Waals surface area contributed by atoms with Crippen LogP contribution in [0.2, 0.25) is 0 Å². The maximum Gasteiger partial charge on any atom is 0.410 e. The molecule has 2 aromatic carbocycles. The van der Waals surface area contributed by atoms with Gasteiger partial charge in [-0.2, -0.15) is 0 Å². The minimum Gasteiger partial charge on any atom is -0.444 e. The summed E-state index contributed by atoms with van der Waals surface area (Å²) in [6.07, 6.45) is 3.72. The summed E-state index contributed by atoms with van der Waals surface area (Å²) in [4.78, 5) is 63.8. The third-order valence-corrected chi connectivity index (χ3v) is 10.3. The fourth-order valence-electron chi connectivity index (χ4n) is 7.36. The van der Waals surface area contributed by atoms with Gasteiger partial charge in [0, 0.05) is 43.0 Å². The van der Waals surface area contributed by atoms with Crippen LogP contribution in [0.15, 0.2) is 60.8 Å². The van der Waals surface area contributed by atoms with E-state index in [1.54, 1.807) is 18.1 Å². The first-order valence-electron chi connectivity index (χ1n) is 18.3. The van der Waals surface area contributed by atoms with Crippen LogP contribution in [0.3, 0.4) is 0 Å². The molecule has 278 valence electrons. The largest absolute Gasteiger partial charge is 0.444 e. The average Bonchev–Trinajstić information content (AvgIpc) is 3.62. The molecule has 2 aliphatic heterocycles. The van der Waals surface area contributed by atoms with Gasteiger partial charge >= 0.3 is 6.09 Å². The molecule has 1 aromatic heterocycles. The normalized spacial score (nSPS) is 18.7. The van der Waals surface area contributed by atoms with E-state index in [9.17, 15) is 19.2 Å². The first kappa shape index (κ1) is 38.5. The molecule has 3 aliphatic rings. The zero-order chi connectivity index (χ0) is 37.8. The van der Waals surface area contributed by atoms with Crippen molar-refractivity contribution in [3.8, 4) is 0 Å². The Balaban J connectivity index is 0.00000257. The smallest absolute Gasteiger partial charge is 0.410 e. The maximum absolute atomic E-state index is 14.3. The monoisotopic (exact) mass is 710 g/mol. The Hall–Kier alpha value is -4.77. The van der Waals surface area contributed by atoms with E-state index in [0.717, 1.165) is 40.9 Å². The van der Waals surface area contributed by atoms with Gasteiger partial charge < -0.3 is 30.1 Å². The van der Waals surface area contributed by atoms with Crippen molar-refractivity contribution in [3.05, 3.63) is 88.6 Å². The summed E-state index contributed by atoms with van der Waals surface area (Å²) in [5.74, 6) is 0.188. The lowest BCUT2D eigenvalue weighted by atomic mass is 9.79. The Morgan fingerprint density at radius 1 is 0.962 bits per heavy atom. The van der Waals surface area contributed by atoms with Crippen molar-refractivity contribution in [2.75, 3.05) is 44.4 Å². The molecule has 2 N–H and O–H groups in total. The number of ether oxygens (including phenoxy) is 1. The third-order valence-electron chi connectivity index (χ3n) is 10.3. The van der Waals surface area contributed by atoms with E-state index in [2.05, 4.69) is 27.6 Å². The van der Waals surface area contributed by atoms with Crippen molar-refractivity contribution < 1.29 is 23.9 Å². The third kappa shape index (κ3) is 8.30. The Labute approximate surface area is 308 Å². The fourth-order valence-corrected chi connectivity index (χ4v) is 7.36. The first-order chi connectivity index (χ1) is 24.7. The molecule has 1 spiro atoms. The second kappa shape index (κ2) is 15.5. The first-order valence-corrected chi connectivity index (χ1v) is 18.3. The number of amides is 4. The van der Waals surface area contributed by atoms with Crippen LogP contribution in [0.5, 0.6) is 0 Å². The Kier molecular flexibility index (Phi) is 11.4. The Morgan fingerprint density at radius 2 is 1.62 bits per heavy atom. The summed E-state index contributed by atoms with van der Waals surface area (Å²) in [5, 5.41) is 5.97. The van der Waals surface area contributed by atoms with E-state index in [1.165, 1.54) is 4.90 Å². The number of anilines is 2. The number of nitrogens with zero attached hydrogens (tertiary/aromatic N) is 4. The summed E-state index contributed by atoms with van der Waals surface area (Å²) < 4.78 is 5.56. The number of carbonyl (C=O) groups excluding carboxylic acids is 4. The minimum absolute atomic E-state index is 0.0536. The van der Waals surface area contributed by atoms with Crippen molar-refractivity contribution in [2.45, 2.75) is 91.3 Å². The van der Waals surface area contributed by atoms with Crippen LogP contribution in [0, 0.1) is 5.41 Å².